The van der Waals surface area contributed by atoms with Crippen LogP contribution in [0.1, 0.15) is 124 Å². The first kappa shape index (κ1) is 60.8. The number of esters is 2. The normalized spacial score (nSPS) is 12.5. The Labute approximate surface area is 379 Å². The molecule has 0 radical (unpaired) electrons. The second-order valence-corrected chi connectivity index (χ2v) is 16.1. The number of carbonyl (C=O) groups excluding carboxylic acids is 8. The minimum atomic E-state index is -1.12. The molecular weight excluding hydrogens is 938 g/mol. The smallest absolute Gasteiger partial charge is 0.325 e. The van der Waals surface area contributed by atoms with Gasteiger partial charge in [-0.15, -0.1) is 0 Å². The molecule has 0 heterocycles. The van der Waals surface area contributed by atoms with E-state index in [-0.39, 0.29) is 102 Å². The second-order valence-electron chi connectivity index (χ2n) is 13.6. The van der Waals surface area contributed by atoms with Gasteiger partial charge >= 0.3 is 11.9 Å². The van der Waals surface area contributed by atoms with Gasteiger partial charge in [-0.2, -0.15) is 0 Å². The zero-order valence-electron chi connectivity index (χ0n) is 35.2. The number of hydrogen-bond donors (Lipinski definition) is 7. The summed E-state index contributed by atoms with van der Waals surface area (Å²) in [5, 5.41) is 13.3. The Kier molecular flexibility index (Phi) is 40.9. The minimum Gasteiger partial charge on any atom is -1.00 e. The molecule has 4 atom stereocenters. The third-order valence-electron chi connectivity index (χ3n) is 8.64. The number of halogens is 2. The summed E-state index contributed by atoms with van der Waals surface area (Å²) in [7, 11) is 3.43. The van der Waals surface area contributed by atoms with Crippen molar-refractivity contribution in [3.8, 4) is 0 Å². The Morgan fingerprint density at radius 1 is 0.559 bits per heavy atom. The molecule has 0 rings (SSSR count). The van der Waals surface area contributed by atoms with Crippen molar-refractivity contribution in [2.75, 3.05) is 44.9 Å². The topological polar surface area (TPSA) is 267 Å². The van der Waals surface area contributed by atoms with Crippen LogP contribution < -0.4 is 72.0 Å². The van der Waals surface area contributed by atoms with Crippen molar-refractivity contribution in [2.24, 2.45) is 11.5 Å². The highest BCUT2D eigenvalue weighted by Gasteiger charge is 2.26. The highest BCUT2D eigenvalue weighted by molar-refractivity contribution is 8.76. The third-order valence-corrected chi connectivity index (χ3v) is 11.1. The molecule has 0 spiro atoms. The quantitative estimate of drug-likeness (QED) is 0.0181. The van der Waals surface area contributed by atoms with E-state index in [0.717, 1.165) is 92.9 Å². The summed E-state index contributed by atoms with van der Waals surface area (Å²) in [6.07, 6.45) is 9.82. The molecule has 0 aromatic heterocycles. The van der Waals surface area contributed by atoms with Crippen LogP contribution in [0.25, 0.3) is 0 Å². The maximum Gasteiger partial charge on any atom is 0.325 e. The maximum atomic E-state index is 13.2. The average Bonchev–Trinajstić information content (AvgIpc) is 3.19. The van der Waals surface area contributed by atoms with Gasteiger partial charge in [0.2, 0.25) is 29.5 Å². The van der Waals surface area contributed by atoms with Crippen LogP contribution in [0.4, 0.5) is 0 Å². The van der Waals surface area contributed by atoms with Gasteiger partial charge in [-0.1, -0.05) is 86.8 Å². The number of ether oxygens (including phenoxy) is 2. The predicted octanol–water partition coefficient (Wildman–Crippen LogP) is -4.06. The molecule has 0 aliphatic rings. The lowest BCUT2D eigenvalue weighted by Gasteiger charge is -2.20. The van der Waals surface area contributed by atoms with Gasteiger partial charge in [0.25, 0.3) is 0 Å². The summed E-state index contributed by atoms with van der Waals surface area (Å²) < 4.78 is 9.49. The molecule has 21 heteroatoms. The Bertz CT molecular complexity index is 1240. The number of hydrogen-bond acceptors (Lipinski definition) is 14. The van der Waals surface area contributed by atoms with Crippen LogP contribution >= 0.6 is 21.6 Å². The van der Waals surface area contributed by atoms with Gasteiger partial charge in [-0.25, -0.2) is 0 Å². The molecule has 0 aliphatic carbocycles. The van der Waals surface area contributed by atoms with E-state index in [1.807, 2.05) is 0 Å². The first-order valence-corrected chi connectivity index (χ1v) is 22.7. The average molecular weight is 1010 g/mol. The monoisotopic (exact) mass is 1010 g/mol. The Morgan fingerprint density at radius 3 is 1.47 bits per heavy atom. The van der Waals surface area contributed by atoms with Gasteiger partial charge in [0.05, 0.1) is 38.3 Å². The summed E-state index contributed by atoms with van der Waals surface area (Å²) in [6.45, 7) is 6.60. The molecule has 0 aliphatic heterocycles. The summed E-state index contributed by atoms with van der Waals surface area (Å²) in [4.78, 5) is 100. The number of Topliss-reactive ketones (excluding diaryl/α,β-unsaturated/α-hetero) is 1. The number of carbonyl (C=O) groups is 8. The molecule has 0 fully saturated rings. The highest BCUT2D eigenvalue weighted by atomic mass is 79.9. The van der Waals surface area contributed by atoms with Gasteiger partial charge in [0.1, 0.15) is 12.6 Å². The molecule has 0 saturated carbocycles. The molecule has 344 valence electrons. The van der Waals surface area contributed by atoms with Crippen LogP contribution in [0.3, 0.4) is 0 Å². The Morgan fingerprint density at radius 2 is 1.02 bits per heavy atom. The largest absolute Gasteiger partial charge is 1.00 e. The predicted molar refractivity (Wildman–Crippen MR) is 223 cm³/mol. The van der Waals surface area contributed by atoms with Crippen LogP contribution in [0.5, 0.6) is 0 Å². The summed E-state index contributed by atoms with van der Waals surface area (Å²) in [6, 6.07) is -3.98. The lowest BCUT2D eigenvalue weighted by molar-refractivity contribution is -0.144. The number of unbranched alkanes of at least 4 members (excludes halogenated alkanes) is 8. The van der Waals surface area contributed by atoms with Crippen molar-refractivity contribution in [3.63, 3.8) is 0 Å². The summed E-state index contributed by atoms with van der Waals surface area (Å²) >= 11 is 0. The number of ketones is 1. The molecule has 0 bridgehead atoms. The van der Waals surface area contributed by atoms with Gasteiger partial charge in [-0.05, 0) is 32.6 Å². The van der Waals surface area contributed by atoms with Crippen molar-refractivity contribution in [2.45, 2.75) is 148 Å². The van der Waals surface area contributed by atoms with E-state index < -0.39 is 66.2 Å². The van der Waals surface area contributed by atoms with Crippen molar-refractivity contribution in [3.05, 3.63) is 0 Å². The molecule has 0 saturated heterocycles. The van der Waals surface area contributed by atoms with E-state index in [9.17, 15) is 38.4 Å². The molecule has 0 aromatic rings. The number of amides is 5. The van der Waals surface area contributed by atoms with E-state index in [2.05, 4.69) is 45.2 Å². The lowest BCUT2D eigenvalue weighted by Crippen LogP contribution is -3.00. The number of nitrogens with two attached hydrogens (primary N) is 2. The fourth-order valence-corrected chi connectivity index (χ4v) is 7.49. The van der Waals surface area contributed by atoms with Gasteiger partial charge in [0, 0.05) is 43.9 Å². The van der Waals surface area contributed by atoms with E-state index in [4.69, 9.17) is 16.2 Å². The SMILES string of the molecule is CCCCCCCNC(=O)C(N)CCC(=O)NC(CSSCC(NC(=O)CCC(N)C(=O)NCCCCCCC)C(=O)NCC(=O)OC)C(=O)CCC(=O)OCC.[Br-].[Br-]. The van der Waals surface area contributed by atoms with E-state index >= 15 is 0 Å². The van der Waals surface area contributed by atoms with Crippen molar-refractivity contribution in [1.29, 1.82) is 0 Å². The number of methoxy groups -OCH3 is 1. The zero-order valence-corrected chi connectivity index (χ0v) is 40.0. The zero-order chi connectivity index (χ0) is 42.8. The van der Waals surface area contributed by atoms with Crippen LogP contribution in [-0.2, 0) is 47.8 Å². The van der Waals surface area contributed by atoms with Gasteiger partial charge < -0.3 is 81.5 Å². The molecular formula is C38H69Br2N7O10S2-2. The number of rotatable bonds is 35. The summed E-state index contributed by atoms with van der Waals surface area (Å²) in [5.74, 6) is -4.10. The molecule has 0 aromatic carbocycles. The Hall–Kier alpha value is -2.46. The molecule has 9 N–H and O–H groups in total. The lowest BCUT2D eigenvalue weighted by atomic mass is 10.1. The molecule has 17 nitrogen and oxygen atoms in total. The minimum absolute atomic E-state index is 0. The fourth-order valence-electron chi connectivity index (χ4n) is 5.13. The molecule has 59 heavy (non-hydrogen) atoms. The van der Waals surface area contributed by atoms with Crippen molar-refractivity contribution < 1.29 is 81.8 Å². The first-order chi connectivity index (χ1) is 27.3. The van der Waals surface area contributed by atoms with E-state index in [1.165, 1.54) is 0 Å². The van der Waals surface area contributed by atoms with E-state index in [0.29, 0.717) is 13.1 Å². The standard InChI is InChI=1S/C38H69N7O10S2.2BrH/c1-5-8-10-12-14-22-41-36(51)27(39)16-19-32(47)44-29(31(46)18-21-34(49)55-7-3)25-56-57-26-30(38(53)43-24-35(50)54-4)45-33(48)20-17-28(40)37(52)42-23-15-13-11-9-6-2;;/h27-30H,5-26,39-40H2,1-4H3,(H,41,51)(H,42,52)(H,43,53)(H,44,47)(H,45,48);2*1H/p-2. The maximum absolute atomic E-state index is 13.2. The van der Waals surface area contributed by atoms with Crippen LogP contribution in [0.15, 0.2) is 0 Å². The van der Waals surface area contributed by atoms with Crippen molar-refractivity contribution in [1.82, 2.24) is 26.6 Å². The molecule has 5 amide bonds. The van der Waals surface area contributed by atoms with Crippen LogP contribution in [-0.4, -0.2) is 116 Å². The number of nitrogens with one attached hydrogen (secondary N) is 5. The molecule has 4 unspecified atom stereocenters. The summed E-state index contributed by atoms with van der Waals surface area (Å²) in [5.41, 5.74) is 12.0. The van der Waals surface area contributed by atoms with Gasteiger partial charge in [0.15, 0.2) is 5.78 Å². The van der Waals surface area contributed by atoms with Crippen molar-refractivity contribution >= 4 is 68.8 Å². The second kappa shape index (κ2) is 39.7. The van der Waals surface area contributed by atoms with Crippen LogP contribution in [0.2, 0.25) is 0 Å². The van der Waals surface area contributed by atoms with Gasteiger partial charge in [-0.3, -0.25) is 38.4 Å². The van der Waals surface area contributed by atoms with E-state index in [1.54, 1.807) is 6.92 Å². The Balaban J connectivity index is -0.0000157. The highest BCUT2D eigenvalue weighted by Crippen LogP contribution is 2.24. The fraction of sp³-hybridized carbons (Fsp3) is 0.789. The first-order valence-electron chi connectivity index (χ1n) is 20.2. The third kappa shape index (κ3) is 32.9. The van der Waals surface area contributed by atoms with Crippen LogP contribution in [0, 0.1) is 0 Å².